The zero-order valence-corrected chi connectivity index (χ0v) is 6.15. The summed E-state index contributed by atoms with van der Waals surface area (Å²) in [5, 5.41) is 24.5. The Morgan fingerprint density at radius 3 is 2.00 bits per heavy atom. The maximum absolute atomic E-state index is 9.81. The molecule has 0 aromatic carbocycles. The topological polar surface area (TPSA) is 124 Å². The predicted molar refractivity (Wildman–Crippen MR) is 31.5 cm³/mol. The Bertz CT molecular complexity index is 198. The molecule has 0 heterocycles. The van der Waals surface area contributed by atoms with E-state index < -0.39 is 29.4 Å². The summed E-state index contributed by atoms with van der Waals surface area (Å²) in [6.45, 7) is -0.720. The van der Waals surface area contributed by atoms with E-state index in [4.69, 9.17) is 19.9 Å². The third kappa shape index (κ3) is 9.75. The van der Waals surface area contributed by atoms with Crippen molar-refractivity contribution in [3.8, 4) is 0 Å². The summed E-state index contributed by atoms with van der Waals surface area (Å²) in [5.41, 5.74) is 0. The second-order valence-electron chi connectivity index (χ2n) is 1.77. The van der Waals surface area contributed by atoms with Crippen LogP contribution in [0.15, 0.2) is 0 Å². The average molecular weight is 188 g/mol. The van der Waals surface area contributed by atoms with E-state index in [0.717, 1.165) is 0 Å². The summed E-state index contributed by atoms with van der Waals surface area (Å²) in [5.74, 6) is -2.98. The molecular weight excluding hydrogens is 180 g/mol. The molecule has 0 aromatic heterocycles. The second-order valence-corrected chi connectivity index (χ2v) is 2.87. The minimum absolute atomic E-state index is 0.720. The fourth-order valence-corrected chi connectivity index (χ4v) is 0.578. The standard InChI is InChI=1S/C3H8O7S/c4-3(5,6)1-2-10-11(7,8)9/h4-6H,1-2H2,(H,7,8,9). The van der Waals surface area contributed by atoms with Crippen LogP contribution >= 0.6 is 0 Å². The monoisotopic (exact) mass is 188 g/mol. The molecule has 0 spiro atoms. The van der Waals surface area contributed by atoms with Gasteiger partial charge in [0.25, 0.3) is 5.97 Å². The number of rotatable bonds is 4. The van der Waals surface area contributed by atoms with Gasteiger partial charge >= 0.3 is 10.4 Å². The lowest BCUT2D eigenvalue weighted by Gasteiger charge is -2.11. The van der Waals surface area contributed by atoms with Gasteiger partial charge in [0.2, 0.25) is 0 Å². The van der Waals surface area contributed by atoms with Crippen molar-refractivity contribution in [2.75, 3.05) is 6.61 Å². The molecule has 11 heavy (non-hydrogen) atoms. The van der Waals surface area contributed by atoms with Crippen molar-refractivity contribution in [3.05, 3.63) is 0 Å². The van der Waals surface area contributed by atoms with Gasteiger partial charge in [0.1, 0.15) is 0 Å². The second kappa shape index (κ2) is 3.43. The molecule has 0 aliphatic carbocycles. The highest BCUT2D eigenvalue weighted by atomic mass is 32.3. The van der Waals surface area contributed by atoms with Gasteiger partial charge in [-0.05, 0) is 0 Å². The molecule has 68 valence electrons. The molecule has 0 aromatic rings. The van der Waals surface area contributed by atoms with Crippen LogP contribution in [0.5, 0.6) is 0 Å². The fourth-order valence-electron chi connectivity index (χ4n) is 0.284. The summed E-state index contributed by atoms with van der Waals surface area (Å²) in [7, 11) is -4.58. The zero-order chi connectivity index (χ0) is 9.12. The fraction of sp³-hybridized carbons (Fsp3) is 1.00. The van der Waals surface area contributed by atoms with Gasteiger partial charge in [-0.3, -0.25) is 4.55 Å². The first-order valence-corrected chi connectivity index (χ1v) is 3.86. The molecule has 0 aliphatic rings. The van der Waals surface area contributed by atoms with Crippen molar-refractivity contribution < 1.29 is 32.5 Å². The van der Waals surface area contributed by atoms with Crippen molar-refractivity contribution in [2.24, 2.45) is 0 Å². The van der Waals surface area contributed by atoms with Gasteiger partial charge in [0, 0.05) is 0 Å². The first kappa shape index (κ1) is 10.8. The molecule has 0 fully saturated rings. The van der Waals surface area contributed by atoms with Crippen LogP contribution in [0.25, 0.3) is 0 Å². The summed E-state index contributed by atoms with van der Waals surface area (Å²) >= 11 is 0. The Labute approximate surface area is 62.8 Å². The van der Waals surface area contributed by atoms with Gasteiger partial charge in [-0.2, -0.15) is 8.42 Å². The average Bonchev–Trinajstić information content (AvgIpc) is 1.55. The summed E-state index contributed by atoms with van der Waals surface area (Å²) in [6.07, 6.45) is -0.743. The van der Waals surface area contributed by atoms with Crippen molar-refractivity contribution in [1.29, 1.82) is 0 Å². The van der Waals surface area contributed by atoms with Gasteiger partial charge < -0.3 is 15.3 Å². The molecule has 0 saturated carbocycles. The smallest absolute Gasteiger partial charge is 0.344 e. The van der Waals surface area contributed by atoms with Crippen LogP contribution in [-0.4, -0.2) is 40.9 Å². The quantitative estimate of drug-likeness (QED) is 0.292. The van der Waals surface area contributed by atoms with E-state index in [-0.39, 0.29) is 0 Å². The molecule has 0 aliphatic heterocycles. The highest BCUT2D eigenvalue weighted by Gasteiger charge is 2.19. The zero-order valence-electron chi connectivity index (χ0n) is 5.34. The van der Waals surface area contributed by atoms with Crippen molar-refractivity contribution in [1.82, 2.24) is 0 Å². The highest BCUT2D eigenvalue weighted by Crippen LogP contribution is 2.00. The van der Waals surface area contributed by atoms with E-state index in [1.165, 1.54) is 0 Å². The number of aliphatic hydroxyl groups is 3. The first-order chi connectivity index (χ1) is 4.71. The molecule has 0 unspecified atom stereocenters. The molecule has 7 nitrogen and oxygen atoms in total. The van der Waals surface area contributed by atoms with Crippen LogP contribution in [0.2, 0.25) is 0 Å². The molecule has 0 bridgehead atoms. The van der Waals surface area contributed by atoms with E-state index in [2.05, 4.69) is 4.18 Å². The molecular formula is C3H8O7S. The molecule has 0 amide bonds. The molecule has 0 saturated heterocycles. The van der Waals surface area contributed by atoms with Crippen LogP contribution < -0.4 is 0 Å². The summed E-state index contributed by atoms with van der Waals surface area (Å²) < 4.78 is 31.2. The number of hydrogen-bond donors (Lipinski definition) is 4. The van der Waals surface area contributed by atoms with Crippen LogP contribution in [0.4, 0.5) is 0 Å². The molecule has 0 rings (SSSR count). The SMILES string of the molecule is O=S(=O)(O)OCCC(O)(O)O. The third-order valence-electron chi connectivity index (χ3n) is 0.670. The van der Waals surface area contributed by atoms with Gasteiger partial charge in [-0.15, -0.1) is 0 Å². The normalized spacial score (nSPS) is 13.5. The van der Waals surface area contributed by atoms with Crippen LogP contribution in [0.1, 0.15) is 6.42 Å². The maximum Gasteiger partial charge on any atom is 0.397 e. The van der Waals surface area contributed by atoms with E-state index in [9.17, 15) is 8.42 Å². The van der Waals surface area contributed by atoms with Gasteiger partial charge in [0.05, 0.1) is 13.0 Å². The Morgan fingerprint density at radius 1 is 1.27 bits per heavy atom. The minimum atomic E-state index is -4.58. The largest absolute Gasteiger partial charge is 0.397 e. The van der Waals surface area contributed by atoms with E-state index in [1.54, 1.807) is 0 Å². The van der Waals surface area contributed by atoms with Crippen molar-refractivity contribution in [3.63, 3.8) is 0 Å². The molecule has 4 N–H and O–H groups in total. The summed E-state index contributed by atoms with van der Waals surface area (Å²) in [6, 6.07) is 0. The predicted octanol–water partition coefficient (Wildman–Crippen LogP) is -2.17. The van der Waals surface area contributed by atoms with Crippen LogP contribution in [0.3, 0.4) is 0 Å². The van der Waals surface area contributed by atoms with Gasteiger partial charge in [0.15, 0.2) is 0 Å². The van der Waals surface area contributed by atoms with Gasteiger partial charge in [-0.25, -0.2) is 4.18 Å². The van der Waals surface area contributed by atoms with Crippen molar-refractivity contribution in [2.45, 2.75) is 12.4 Å². The molecule has 8 heteroatoms. The Hall–Kier alpha value is -0.250. The van der Waals surface area contributed by atoms with E-state index >= 15 is 0 Å². The minimum Gasteiger partial charge on any atom is -0.344 e. The van der Waals surface area contributed by atoms with Crippen LogP contribution in [0, 0.1) is 0 Å². The third-order valence-corrected chi connectivity index (χ3v) is 1.13. The highest BCUT2D eigenvalue weighted by molar-refractivity contribution is 7.80. The Balaban J connectivity index is 3.61. The lowest BCUT2D eigenvalue weighted by Crippen LogP contribution is -2.29. The summed E-state index contributed by atoms with van der Waals surface area (Å²) in [4.78, 5) is 0. The van der Waals surface area contributed by atoms with Crippen LogP contribution in [-0.2, 0) is 14.6 Å². The Morgan fingerprint density at radius 2 is 1.73 bits per heavy atom. The first-order valence-electron chi connectivity index (χ1n) is 2.50. The molecule has 0 radical (unpaired) electrons. The van der Waals surface area contributed by atoms with Gasteiger partial charge in [-0.1, -0.05) is 0 Å². The maximum atomic E-state index is 9.81. The van der Waals surface area contributed by atoms with Crippen molar-refractivity contribution >= 4 is 10.4 Å². The van der Waals surface area contributed by atoms with E-state index in [1.807, 2.05) is 0 Å². The Kier molecular flexibility index (Phi) is 3.35. The number of hydrogen-bond acceptors (Lipinski definition) is 6. The lowest BCUT2D eigenvalue weighted by atomic mass is 10.4. The molecule has 0 atom stereocenters. The van der Waals surface area contributed by atoms with E-state index in [0.29, 0.717) is 0 Å². The lowest BCUT2D eigenvalue weighted by molar-refractivity contribution is -0.316.